The van der Waals surface area contributed by atoms with Crippen LogP contribution in [0.3, 0.4) is 0 Å². The monoisotopic (exact) mass is 451 g/mol. The second-order valence-corrected chi connectivity index (χ2v) is 8.55. The molecule has 0 saturated carbocycles. The lowest BCUT2D eigenvalue weighted by Gasteiger charge is -2.23. The van der Waals surface area contributed by atoms with Gasteiger partial charge in [0.1, 0.15) is 0 Å². The lowest BCUT2D eigenvalue weighted by molar-refractivity contribution is 0.0949. The van der Waals surface area contributed by atoms with Crippen molar-refractivity contribution in [1.29, 1.82) is 0 Å². The van der Waals surface area contributed by atoms with Crippen molar-refractivity contribution in [3.63, 3.8) is 0 Å². The molecule has 7 heteroatoms. The number of nitrogens with zero attached hydrogens (tertiary/aromatic N) is 2. The number of nitrogens with one attached hydrogen (secondary N) is 3. The first-order valence-electron chi connectivity index (χ1n) is 12.0. The number of para-hydroxylation sites is 1. The summed E-state index contributed by atoms with van der Waals surface area (Å²) in [6.07, 6.45) is 2.25. The van der Waals surface area contributed by atoms with Gasteiger partial charge in [0.15, 0.2) is 0 Å². The van der Waals surface area contributed by atoms with Crippen molar-refractivity contribution in [2.24, 2.45) is 0 Å². The number of rotatable bonds is 9. The topological polar surface area (TPSA) is 76.7 Å². The molecule has 3 rings (SSSR count). The van der Waals surface area contributed by atoms with Crippen LogP contribution >= 0.6 is 0 Å². The number of carbonyl (C=O) groups excluding carboxylic acids is 2. The third kappa shape index (κ3) is 6.48. The summed E-state index contributed by atoms with van der Waals surface area (Å²) < 4.78 is 0. The van der Waals surface area contributed by atoms with Gasteiger partial charge in [-0.1, -0.05) is 32.0 Å². The Morgan fingerprint density at radius 3 is 2.27 bits per heavy atom. The fourth-order valence-corrected chi connectivity index (χ4v) is 4.28. The van der Waals surface area contributed by atoms with E-state index in [0.717, 1.165) is 68.1 Å². The predicted octanol–water partition coefficient (Wildman–Crippen LogP) is 4.62. The number of aryl methyl sites for hydroxylation is 2. The van der Waals surface area contributed by atoms with Crippen LogP contribution in [0.15, 0.2) is 36.4 Å². The van der Waals surface area contributed by atoms with E-state index in [1.807, 2.05) is 44.2 Å². The molecule has 1 saturated heterocycles. The number of urea groups is 1. The van der Waals surface area contributed by atoms with Gasteiger partial charge in [-0.2, -0.15) is 0 Å². The third-order valence-electron chi connectivity index (χ3n) is 6.27. The standard InChI is InChI=1S/C26H37N5O2/c1-5-30(6-2)17-14-27-25(32)22-18-21(12-13-23(22)31-15-7-8-16-31)28-26(33)29-24-19(3)10-9-11-20(24)4/h9-13,18H,5-8,14-17H2,1-4H3,(H,27,32)(H2,28,29,33). The second-order valence-electron chi connectivity index (χ2n) is 8.55. The van der Waals surface area contributed by atoms with Crippen molar-refractivity contribution in [3.8, 4) is 0 Å². The van der Waals surface area contributed by atoms with Crippen LogP contribution in [0.4, 0.5) is 21.9 Å². The van der Waals surface area contributed by atoms with Gasteiger partial charge < -0.3 is 25.8 Å². The highest BCUT2D eigenvalue weighted by atomic mass is 16.2. The predicted molar refractivity (Wildman–Crippen MR) is 137 cm³/mol. The van der Waals surface area contributed by atoms with E-state index >= 15 is 0 Å². The van der Waals surface area contributed by atoms with E-state index in [9.17, 15) is 9.59 Å². The van der Waals surface area contributed by atoms with Gasteiger partial charge in [-0.05, 0) is 69.1 Å². The molecule has 1 fully saturated rings. The van der Waals surface area contributed by atoms with Crippen molar-refractivity contribution >= 4 is 29.0 Å². The van der Waals surface area contributed by atoms with Gasteiger partial charge in [-0.15, -0.1) is 0 Å². The van der Waals surface area contributed by atoms with Gasteiger partial charge in [0, 0.05) is 43.2 Å². The Balaban J connectivity index is 1.74. The summed E-state index contributed by atoms with van der Waals surface area (Å²) in [5.41, 5.74) is 4.93. The summed E-state index contributed by atoms with van der Waals surface area (Å²) >= 11 is 0. The van der Waals surface area contributed by atoms with Crippen LogP contribution in [0.1, 0.15) is 48.2 Å². The summed E-state index contributed by atoms with van der Waals surface area (Å²) in [6, 6.07) is 11.2. The maximum atomic E-state index is 13.1. The normalized spacial score (nSPS) is 13.3. The lowest BCUT2D eigenvalue weighted by atomic mass is 10.1. The second kappa shape index (κ2) is 11.7. The molecule has 33 heavy (non-hydrogen) atoms. The highest BCUT2D eigenvalue weighted by molar-refractivity contribution is 6.04. The number of likely N-dealkylation sites (N-methyl/N-ethyl adjacent to an activating group) is 1. The van der Waals surface area contributed by atoms with Crippen molar-refractivity contribution in [2.75, 3.05) is 54.8 Å². The molecule has 178 valence electrons. The molecule has 0 unspecified atom stereocenters. The zero-order valence-corrected chi connectivity index (χ0v) is 20.3. The molecular weight excluding hydrogens is 414 g/mol. The maximum absolute atomic E-state index is 13.1. The van der Waals surface area contributed by atoms with E-state index in [1.54, 1.807) is 6.07 Å². The Labute approximate surface area is 197 Å². The Morgan fingerprint density at radius 1 is 0.970 bits per heavy atom. The van der Waals surface area contributed by atoms with Crippen molar-refractivity contribution in [2.45, 2.75) is 40.5 Å². The van der Waals surface area contributed by atoms with Crippen LogP contribution < -0.4 is 20.9 Å². The van der Waals surface area contributed by atoms with Gasteiger partial charge in [-0.25, -0.2) is 4.79 Å². The van der Waals surface area contributed by atoms with Crippen LogP contribution in [0.5, 0.6) is 0 Å². The van der Waals surface area contributed by atoms with E-state index in [-0.39, 0.29) is 11.9 Å². The van der Waals surface area contributed by atoms with Gasteiger partial charge in [0.05, 0.1) is 5.56 Å². The van der Waals surface area contributed by atoms with Crippen LogP contribution in [0.25, 0.3) is 0 Å². The quantitative estimate of drug-likeness (QED) is 0.520. The Bertz CT molecular complexity index is 945. The molecule has 0 bridgehead atoms. The minimum atomic E-state index is -0.325. The van der Waals surface area contributed by atoms with E-state index < -0.39 is 0 Å². The average molecular weight is 452 g/mol. The zero-order valence-electron chi connectivity index (χ0n) is 20.3. The molecule has 0 aromatic heterocycles. The molecule has 7 nitrogen and oxygen atoms in total. The molecule has 0 spiro atoms. The molecule has 3 amide bonds. The highest BCUT2D eigenvalue weighted by Gasteiger charge is 2.20. The van der Waals surface area contributed by atoms with E-state index in [4.69, 9.17) is 0 Å². The third-order valence-corrected chi connectivity index (χ3v) is 6.27. The van der Waals surface area contributed by atoms with Crippen LogP contribution in [0, 0.1) is 13.8 Å². The summed E-state index contributed by atoms with van der Waals surface area (Å²) in [5, 5.41) is 8.89. The van der Waals surface area contributed by atoms with Crippen molar-refractivity contribution in [3.05, 3.63) is 53.1 Å². The lowest BCUT2D eigenvalue weighted by Crippen LogP contribution is -2.35. The fraction of sp³-hybridized carbons (Fsp3) is 0.462. The van der Waals surface area contributed by atoms with E-state index in [0.29, 0.717) is 17.8 Å². The molecule has 0 atom stereocenters. The number of hydrogen-bond acceptors (Lipinski definition) is 4. The average Bonchev–Trinajstić information content (AvgIpc) is 3.34. The van der Waals surface area contributed by atoms with E-state index in [2.05, 4.69) is 39.6 Å². The molecule has 0 radical (unpaired) electrons. The molecule has 1 aliphatic rings. The molecule has 3 N–H and O–H groups in total. The van der Waals surface area contributed by atoms with Crippen LogP contribution in [-0.4, -0.2) is 56.1 Å². The highest BCUT2D eigenvalue weighted by Crippen LogP contribution is 2.28. The van der Waals surface area contributed by atoms with Crippen molar-refractivity contribution < 1.29 is 9.59 Å². The minimum absolute atomic E-state index is 0.108. The Morgan fingerprint density at radius 2 is 1.64 bits per heavy atom. The molecule has 2 aromatic carbocycles. The van der Waals surface area contributed by atoms with E-state index in [1.165, 1.54) is 0 Å². The molecule has 2 aromatic rings. The summed E-state index contributed by atoms with van der Waals surface area (Å²) in [7, 11) is 0. The Kier molecular flexibility index (Phi) is 8.72. The van der Waals surface area contributed by atoms with Gasteiger partial charge in [0.25, 0.3) is 5.91 Å². The SMILES string of the molecule is CCN(CC)CCNC(=O)c1cc(NC(=O)Nc2c(C)cccc2C)ccc1N1CCCC1. The van der Waals surface area contributed by atoms with Crippen molar-refractivity contribution in [1.82, 2.24) is 10.2 Å². The van der Waals surface area contributed by atoms with Gasteiger partial charge in [-0.3, -0.25) is 4.79 Å². The number of carbonyl (C=O) groups is 2. The zero-order chi connectivity index (χ0) is 23.8. The summed E-state index contributed by atoms with van der Waals surface area (Å²) in [5.74, 6) is -0.108. The first kappa shape index (κ1) is 24.6. The van der Waals surface area contributed by atoms with Crippen LogP contribution in [-0.2, 0) is 0 Å². The van der Waals surface area contributed by atoms with Crippen LogP contribution in [0.2, 0.25) is 0 Å². The Hall–Kier alpha value is -3.06. The largest absolute Gasteiger partial charge is 0.371 e. The number of anilines is 3. The first-order valence-corrected chi connectivity index (χ1v) is 12.0. The molecule has 1 aliphatic heterocycles. The number of hydrogen-bond donors (Lipinski definition) is 3. The summed E-state index contributed by atoms with van der Waals surface area (Å²) in [6.45, 7) is 13.4. The molecule has 0 aliphatic carbocycles. The smallest absolute Gasteiger partial charge is 0.323 e. The first-order chi connectivity index (χ1) is 15.9. The van der Waals surface area contributed by atoms with Gasteiger partial charge >= 0.3 is 6.03 Å². The van der Waals surface area contributed by atoms with Gasteiger partial charge in [0.2, 0.25) is 0 Å². The molecule has 1 heterocycles. The number of benzene rings is 2. The molecular formula is C26H37N5O2. The number of amides is 3. The fourth-order valence-electron chi connectivity index (χ4n) is 4.28. The minimum Gasteiger partial charge on any atom is -0.371 e. The maximum Gasteiger partial charge on any atom is 0.323 e. The summed E-state index contributed by atoms with van der Waals surface area (Å²) in [4.78, 5) is 30.3.